The number of hydrogen-bond donors (Lipinski definition) is 2. The normalized spacial score (nSPS) is 15.4. The number of piperazine rings is 1. The standard InChI is InChI=1S/C21H30FN7/c1-2-23-20(27-17-18-5-7-19(22)8-6-18)24-11-4-12-28-13-15-29(16-14-28)21-25-9-3-10-26-21/h3,5-10H,2,4,11-17H2,1H3,(H2,23,24,27). The number of nitrogens with one attached hydrogen (secondary N) is 2. The summed E-state index contributed by atoms with van der Waals surface area (Å²) < 4.78 is 13.0. The van der Waals surface area contributed by atoms with Crippen molar-refractivity contribution in [1.29, 1.82) is 0 Å². The predicted molar refractivity (Wildman–Crippen MR) is 115 cm³/mol. The van der Waals surface area contributed by atoms with Gasteiger partial charge in [0.1, 0.15) is 5.82 Å². The number of anilines is 1. The zero-order valence-corrected chi connectivity index (χ0v) is 17.0. The summed E-state index contributed by atoms with van der Waals surface area (Å²) in [7, 11) is 0. The third kappa shape index (κ3) is 6.98. The van der Waals surface area contributed by atoms with E-state index in [0.29, 0.717) is 6.54 Å². The first-order valence-electron chi connectivity index (χ1n) is 10.3. The molecule has 1 aromatic carbocycles. The van der Waals surface area contributed by atoms with Crippen LogP contribution in [-0.2, 0) is 6.54 Å². The van der Waals surface area contributed by atoms with Crippen LogP contribution in [0.5, 0.6) is 0 Å². The highest BCUT2D eigenvalue weighted by atomic mass is 19.1. The molecule has 1 aliphatic rings. The molecule has 0 unspecified atom stereocenters. The van der Waals surface area contributed by atoms with Gasteiger partial charge in [-0.05, 0) is 43.7 Å². The minimum Gasteiger partial charge on any atom is -0.357 e. The average Bonchev–Trinajstić information content (AvgIpc) is 2.77. The summed E-state index contributed by atoms with van der Waals surface area (Å²) in [6.45, 7) is 9.25. The van der Waals surface area contributed by atoms with Gasteiger partial charge in [0.05, 0.1) is 6.54 Å². The van der Waals surface area contributed by atoms with Gasteiger partial charge in [-0.2, -0.15) is 0 Å². The molecule has 0 atom stereocenters. The van der Waals surface area contributed by atoms with Crippen LogP contribution in [0.1, 0.15) is 18.9 Å². The summed E-state index contributed by atoms with van der Waals surface area (Å²) in [4.78, 5) is 18.0. The minimum absolute atomic E-state index is 0.222. The molecule has 2 N–H and O–H groups in total. The molecule has 8 heteroatoms. The third-order valence-corrected chi connectivity index (χ3v) is 4.83. The van der Waals surface area contributed by atoms with Gasteiger partial charge in [-0.1, -0.05) is 12.1 Å². The van der Waals surface area contributed by atoms with Gasteiger partial charge < -0.3 is 15.5 Å². The number of nitrogens with zero attached hydrogens (tertiary/aromatic N) is 5. The molecule has 7 nitrogen and oxygen atoms in total. The van der Waals surface area contributed by atoms with Crippen molar-refractivity contribution in [3.63, 3.8) is 0 Å². The van der Waals surface area contributed by atoms with Gasteiger partial charge in [-0.25, -0.2) is 19.4 Å². The van der Waals surface area contributed by atoms with E-state index in [1.54, 1.807) is 24.5 Å². The van der Waals surface area contributed by atoms with Crippen LogP contribution in [0.25, 0.3) is 0 Å². The molecule has 3 rings (SSSR count). The molecular formula is C21H30FN7. The van der Waals surface area contributed by atoms with E-state index >= 15 is 0 Å². The van der Waals surface area contributed by atoms with Crippen molar-refractivity contribution in [2.45, 2.75) is 19.9 Å². The van der Waals surface area contributed by atoms with Crippen LogP contribution in [0.2, 0.25) is 0 Å². The van der Waals surface area contributed by atoms with Crippen molar-refractivity contribution in [1.82, 2.24) is 25.5 Å². The molecule has 29 heavy (non-hydrogen) atoms. The highest BCUT2D eigenvalue weighted by Crippen LogP contribution is 2.09. The lowest BCUT2D eigenvalue weighted by Crippen LogP contribution is -2.47. The largest absolute Gasteiger partial charge is 0.357 e. The van der Waals surface area contributed by atoms with E-state index in [0.717, 1.165) is 69.7 Å². The van der Waals surface area contributed by atoms with Crippen LogP contribution in [0.15, 0.2) is 47.7 Å². The molecule has 1 aliphatic heterocycles. The molecule has 2 aromatic rings. The fraction of sp³-hybridized carbons (Fsp3) is 0.476. The summed E-state index contributed by atoms with van der Waals surface area (Å²) in [6.07, 6.45) is 4.63. The maximum Gasteiger partial charge on any atom is 0.225 e. The van der Waals surface area contributed by atoms with Gasteiger partial charge in [-0.15, -0.1) is 0 Å². The molecular weight excluding hydrogens is 369 g/mol. The van der Waals surface area contributed by atoms with Gasteiger partial charge in [0.25, 0.3) is 0 Å². The molecule has 0 bridgehead atoms. The maximum absolute atomic E-state index is 13.0. The number of benzene rings is 1. The second-order valence-electron chi connectivity index (χ2n) is 6.98. The summed E-state index contributed by atoms with van der Waals surface area (Å²) in [5.41, 5.74) is 0.990. The van der Waals surface area contributed by atoms with Gasteiger partial charge in [0.15, 0.2) is 5.96 Å². The van der Waals surface area contributed by atoms with Crippen LogP contribution in [-0.4, -0.2) is 66.6 Å². The number of aromatic nitrogens is 2. The molecule has 0 saturated carbocycles. The van der Waals surface area contributed by atoms with Gasteiger partial charge in [0.2, 0.25) is 5.95 Å². The topological polar surface area (TPSA) is 68.7 Å². The molecule has 0 aliphatic carbocycles. The SMILES string of the molecule is CCNC(=NCc1ccc(F)cc1)NCCCN1CCN(c2ncccn2)CC1. The second kappa shape index (κ2) is 11.3. The lowest BCUT2D eigenvalue weighted by molar-refractivity contribution is 0.254. The van der Waals surface area contributed by atoms with Crippen molar-refractivity contribution < 1.29 is 4.39 Å². The smallest absolute Gasteiger partial charge is 0.225 e. The first-order valence-corrected chi connectivity index (χ1v) is 10.3. The molecule has 0 radical (unpaired) electrons. The zero-order valence-electron chi connectivity index (χ0n) is 17.0. The summed E-state index contributed by atoms with van der Waals surface area (Å²) >= 11 is 0. The maximum atomic E-state index is 13.0. The molecule has 1 fully saturated rings. The number of hydrogen-bond acceptors (Lipinski definition) is 5. The molecule has 2 heterocycles. The van der Waals surface area contributed by atoms with E-state index in [2.05, 4.69) is 35.4 Å². The fourth-order valence-corrected chi connectivity index (χ4v) is 3.24. The number of aliphatic imine (C=N–C) groups is 1. The first-order chi connectivity index (χ1) is 14.2. The van der Waals surface area contributed by atoms with Crippen molar-refractivity contribution >= 4 is 11.9 Å². The third-order valence-electron chi connectivity index (χ3n) is 4.83. The number of halogens is 1. The quantitative estimate of drug-likeness (QED) is 0.401. The zero-order chi connectivity index (χ0) is 20.3. The second-order valence-corrected chi connectivity index (χ2v) is 6.98. The Hall–Kier alpha value is -2.74. The Balaban J connectivity index is 1.36. The van der Waals surface area contributed by atoms with Crippen molar-refractivity contribution in [2.24, 2.45) is 4.99 Å². The Morgan fingerprint density at radius 2 is 1.79 bits per heavy atom. The number of rotatable bonds is 8. The van der Waals surface area contributed by atoms with Crippen molar-refractivity contribution in [3.05, 3.63) is 54.1 Å². The molecule has 156 valence electrons. The van der Waals surface area contributed by atoms with Crippen LogP contribution in [0, 0.1) is 5.82 Å². The monoisotopic (exact) mass is 399 g/mol. The van der Waals surface area contributed by atoms with Gasteiger partial charge >= 0.3 is 0 Å². The first kappa shape index (κ1) is 21.0. The van der Waals surface area contributed by atoms with Gasteiger partial charge in [0, 0.05) is 51.7 Å². The Bertz CT molecular complexity index is 743. The highest BCUT2D eigenvalue weighted by Gasteiger charge is 2.18. The summed E-state index contributed by atoms with van der Waals surface area (Å²) in [5.74, 6) is 1.39. The highest BCUT2D eigenvalue weighted by molar-refractivity contribution is 5.79. The van der Waals surface area contributed by atoms with Crippen LogP contribution < -0.4 is 15.5 Å². The predicted octanol–water partition coefficient (Wildman–Crippen LogP) is 1.88. The molecule has 0 amide bonds. The summed E-state index contributed by atoms with van der Waals surface area (Å²) in [6, 6.07) is 8.31. The van der Waals surface area contributed by atoms with E-state index in [4.69, 9.17) is 0 Å². The summed E-state index contributed by atoms with van der Waals surface area (Å²) in [5, 5.41) is 6.64. The molecule has 0 spiro atoms. The minimum atomic E-state index is -0.222. The van der Waals surface area contributed by atoms with Crippen LogP contribution in [0.4, 0.5) is 10.3 Å². The fourth-order valence-electron chi connectivity index (χ4n) is 3.24. The van der Waals surface area contributed by atoms with E-state index in [1.807, 2.05) is 13.0 Å². The van der Waals surface area contributed by atoms with Crippen molar-refractivity contribution in [2.75, 3.05) is 50.7 Å². The Kier molecular flexibility index (Phi) is 8.18. The van der Waals surface area contributed by atoms with Crippen molar-refractivity contribution in [3.8, 4) is 0 Å². The lowest BCUT2D eigenvalue weighted by atomic mass is 10.2. The average molecular weight is 400 g/mol. The van der Waals surface area contributed by atoms with Gasteiger partial charge in [-0.3, -0.25) is 4.90 Å². The van der Waals surface area contributed by atoms with E-state index in [1.165, 1.54) is 12.1 Å². The lowest BCUT2D eigenvalue weighted by Gasteiger charge is -2.34. The van der Waals surface area contributed by atoms with Crippen LogP contribution >= 0.6 is 0 Å². The molecule has 1 aromatic heterocycles. The van der Waals surface area contributed by atoms with E-state index in [-0.39, 0.29) is 5.82 Å². The Labute approximate surface area is 172 Å². The Morgan fingerprint density at radius 3 is 2.48 bits per heavy atom. The van der Waals surface area contributed by atoms with E-state index < -0.39 is 0 Å². The molecule has 1 saturated heterocycles. The van der Waals surface area contributed by atoms with Crippen LogP contribution in [0.3, 0.4) is 0 Å². The van der Waals surface area contributed by atoms with E-state index in [9.17, 15) is 4.39 Å². The Morgan fingerprint density at radius 1 is 1.07 bits per heavy atom. The number of guanidine groups is 1.